The summed E-state index contributed by atoms with van der Waals surface area (Å²) in [5, 5.41) is 17.0. The molecule has 1 aliphatic rings. The lowest BCUT2D eigenvalue weighted by Crippen LogP contribution is -2.39. The Morgan fingerprint density at radius 2 is 1.92 bits per heavy atom. The summed E-state index contributed by atoms with van der Waals surface area (Å²) >= 11 is 0. The minimum atomic E-state index is -1.14. The minimum Gasteiger partial charge on any atom is -0.480 e. The molecule has 6 heteroatoms. The van der Waals surface area contributed by atoms with Crippen molar-refractivity contribution in [2.45, 2.75) is 18.9 Å². The molecule has 1 heterocycles. The summed E-state index contributed by atoms with van der Waals surface area (Å²) in [6.45, 7) is 0.340. The van der Waals surface area contributed by atoms with Gasteiger partial charge in [-0.15, -0.1) is 17.0 Å². The van der Waals surface area contributed by atoms with E-state index in [9.17, 15) is 9.59 Å². The molecule has 1 unspecified atom stereocenters. The third-order valence-corrected chi connectivity index (χ3v) is 1.78. The lowest BCUT2D eigenvalue weighted by molar-refractivity contribution is -0.141. The maximum atomic E-state index is 10.4. The van der Waals surface area contributed by atoms with E-state index in [4.69, 9.17) is 10.2 Å². The highest BCUT2D eigenvalue weighted by atomic mass is 79.9. The number of carboxylic acids is 1. The van der Waals surface area contributed by atoms with Gasteiger partial charge in [0, 0.05) is 6.54 Å². The van der Waals surface area contributed by atoms with Gasteiger partial charge in [-0.05, 0) is 12.8 Å². The molecule has 5 nitrogen and oxygen atoms in total. The van der Waals surface area contributed by atoms with Crippen LogP contribution >= 0.6 is 17.0 Å². The van der Waals surface area contributed by atoms with Crippen molar-refractivity contribution in [2.24, 2.45) is 0 Å². The Morgan fingerprint density at radius 1 is 1.33 bits per heavy atom. The summed E-state index contributed by atoms with van der Waals surface area (Å²) < 4.78 is 0. The highest BCUT2D eigenvalue weighted by molar-refractivity contribution is 8.93. The number of halogens is 1. The van der Waals surface area contributed by atoms with Crippen LogP contribution in [0.25, 0.3) is 0 Å². The van der Waals surface area contributed by atoms with E-state index in [1.807, 2.05) is 0 Å². The van der Waals surface area contributed by atoms with Crippen molar-refractivity contribution < 1.29 is 19.8 Å². The monoisotopic (exact) mass is 239 g/mol. The van der Waals surface area contributed by atoms with E-state index < -0.39 is 18.1 Å². The van der Waals surface area contributed by atoms with Gasteiger partial charge in [-0.25, -0.2) is 9.59 Å². The molecule has 1 atom stereocenters. The van der Waals surface area contributed by atoms with Gasteiger partial charge in [0.25, 0.3) is 0 Å². The van der Waals surface area contributed by atoms with Gasteiger partial charge in [0.1, 0.15) is 6.04 Å². The van der Waals surface area contributed by atoms with Crippen molar-refractivity contribution in [1.82, 2.24) is 4.90 Å². The van der Waals surface area contributed by atoms with Crippen LogP contribution in [0.1, 0.15) is 12.8 Å². The zero-order valence-electron chi connectivity index (χ0n) is 6.27. The average molecular weight is 240 g/mol. The Hall–Kier alpha value is -0.780. The largest absolute Gasteiger partial charge is 0.480 e. The number of carbonyl (C=O) groups is 2. The summed E-state index contributed by atoms with van der Waals surface area (Å²) in [7, 11) is 0. The van der Waals surface area contributed by atoms with Crippen LogP contribution in [0.5, 0.6) is 0 Å². The molecule has 1 fully saturated rings. The van der Waals surface area contributed by atoms with Crippen LogP contribution in [0, 0.1) is 0 Å². The average Bonchev–Trinajstić information content (AvgIpc) is 2.32. The van der Waals surface area contributed by atoms with Crippen LogP contribution in [0.2, 0.25) is 0 Å². The standard InChI is InChI=1S/C6H9NO4.BrH/c8-5(9)4-2-1-3-7(4)6(10)11;/h4H,1-3H2,(H,8,9)(H,10,11);1H. The third-order valence-electron chi connectivity index (χ3n) is 1.78. The van der Waals surface area contributed by atoms with Crippen LogP contribution in [0.15, 0.2) is 0 Å². The first-order valence-corrected chi connectivity index (χ1v) is 3.35. The molecule has 1 aliphatic heterocycles. The highest BCUT2D eigenvalue weighted by Crippen LogP contribution is 2.16. The number of hydrogen-bond acceptors (Lipinski definition) is 2. The number of rotatable bonds is 1. The molecule has 0 spiro atoms. The molecule has 0 aromatic rings. The van der Waals surface area contributed by atoms with Crippen LogP contribution in [0.3, 0.4) is 0 Å². The molecule has 70 valence electrons. The number of carboxylic acid groups (broad SMARTS) is 2. The fourth-order valence-corrected chi connectivity index (χ4v) is 1.25. The quantitative estimate of drug-likeness (QED) is 0.710. The maximum Gasteiger partial charge on any atom is 0.408 e. The predicted molar refractivity (Wildman–Crippen MR) is 45.7 cm³/mol. The lowest BCUT2D eigenvalue weighted by atomic mass is 10.2. The Balaban J connectivity index is 0.00000121. The molecule has 0 bridgehead atoms. The van der Waals surface area contributed by atoms with Gasteiger partial charge < -0.3 is 10.2 Å². The predicted octanol–water partition coefficient (Wildman–Crippen LogP) is 0.791. The van der Waals surface area contributed by atoms with E-state index in [0.717, 1.165) is 4.90 Å². The van der Waals surface area contributed by atoms with Gasteiger partial charge in [0.15, 0.2) is 0 Å². The van der Waals surface area contributed by atoms with E-state index in [1.54, 1.807) is 0 Å². The summed E-state index contributed by atoms with van der Waals surface area (Å²) in [5.74, 6) is -1.05. The van der Waals surface area contributed by atoms with Crippen molar-refractivity contribution in [1.29, 1.82) is 0 Å². The SMILES string of the molecule is Br.O=C(O)C1CCCN1C(=O)O. The van der Waals surface area contributed by atoms with Gasteiger partial charge in [0.2, 0.25) is 0 Å². The highest BCUT2D eigenvalue weighted by Gasteiger charge is 2.33. The van der Waals surface area contributed by atoms with Crippen LogP contribution in [0.4, 0.5) is 4.79 Å². The van der Waals surface area contributed by atoms with Crippen molar-refractivity contribution in [2.75, 3.05) is 6.54 Å². The second-order valence-corrected chi connectivity index (χ2v) is 2.47. The number of nitrogens with zero attached hydrogens (tertiary/aromatic N) is 1. The van der Waals surface area contributed by atoms with E-state index >= 15 is 0 Å². The van der Waals surface area contributed by atoms with Crippen molar-refractivity contribution in [3.05, 3.63) is 0 Å². The Bertz CT molecular complexity index is 176. The zero-order chi connectivity index (χ0) is 8.43. The van der Waals surface area contributed by atoms with Crippen LogP contribution < -0.4 is 0 Å². The molecule has 0 radical (unpaired) electrons. The van der Waals surface area contributed by atoms with Gasteiger partial charge in [-0.2, -0.15) is 0 Å². The van der Waals surface area contributed by atoms with Crippen molar-refractivity contribution in [3.8, 4) is 0 Å². The Labute approximate surface area is 79.7 Å². The molecule has 1 saturated heterocycles. The van der Waals surface area contributed by atoms with Crippen molar-refractivity contribution >= 4 is 29.0 Å². The van der Waals surface area contributed by atoms with E-state index in [0.29, 0.717) is 19.4 Å². The second kappa shape index (κ2) is 4.30. The topological polar surface area (TPSA) is 77.8 Å². The first kappa shape index (κ1) is 11.2. The number of hydrogen-bond donors (Lipinski definition) is 2. The van der Waals surface area contributed by atoms with Gasteiger partial charge in [-0.3, -0.25) is 4.90 Å². The van der Waals surface area contributed by atoms with E-state index in [-0.39, 0.29) is 17.0 Å². The molecule has 1 rings (SSSR count). The molecule has 12 heavy (non-hydrogen) atoms. The zero-order valence-corrected chi connectivity index (χ0v) is 7.98. The maximum absolute atomic E-state index is 10.4. The molecular formula is C6H10BrNO4. The summed E-state index contributed by atoms with van der Waals surface area (Å²) in [6.07, 6.45) is -0.0693. The molecule has 0 saturated carbocycles. The van der Waals surface area contributed by atoms with Crippen LogP contribution in [-0.4, -0.2) is 39.8 Å². The first-order chi connectivity index (χ1) is 5.13. The van der Waals surface area contributed by atoms with Gasteiger partial charge in [0.05, 0.1) is 0 Å². The van der Waals surface area contributed by atoms with E-state index in [2.05, 4.69) is 0 Å². The Kier molecular flexibility index (Phi) is 4.02. The number of likely N-dealkylation sites (tertiary alicyclic amines) is 1. The number of aliphatic carboxylic acids is 1. The first-order valence-electron chi connectivity index (χ1n) is 3.35. The normalized spacial score (nSPS) is 21.7. The fourth-order valence-electron chi connectivity index (χ4n) is 1.25. The molecule has 0 aromatic heterocycles. The molecule has 2 N–H and O–H groups in total. The fraction of sp³-hybridized carbons (Fsp3) is 0.667. The third kappa shape index (κ3) is 2.10. The molecular weight excluding hydrogens is 230 g/mol. The van der Waals surface area contributed by atoms with Crippen molar-refractivity contribution in [3.63, 3.8) is 0 Å². The minimum absolute atomic E-state index is 0. The smallest absolute Gasteiger partial charge is 0.408 e. The number of amides is 1. The summed E-state index contributed by atoms with van der Waals surface area (Å²) in [6, 6.07) is -0.826. The van der Waals surface area contributed by atoms with E-state index in [1.165, 1.54) is 0 Å². The van der Waals surface area contributed by atoms with Gasteiger partial charge >= 0.3 is 12.1 Å². The second-order valence-electron chi connectivity index (χ2n) is 2.47. The molecule has 0 aliphatic carbocycles. The van der Waals surface area contributed by atoms with Gasteiger partial charge in [-0.1, -0.05) is 0 Å². The molecule has 1 amide bonds. The summed E-state index contributed by atoms with van der Waals surface area (Å²) in [5.41, 5.74) is 0. The van der Waals surface area contributed by atoms with Crippen LogP contribution in [-0.2, 0) is 4.79 Å². The Morgan fingerprint density at radius 3 is 2.25 bits per heavy atom. The summed E-state index contributed by atoms with van der Waals surface area (Å²) in [4.78, 5) is 21.8. The lowest BCUT2D eigenvalue weighted by Gasteiger charge is -2.16. The molecule has 0 aromatic carbocycles.